The van der Waals surface area contributed by atoms with E-state index in [1.807, 2.05) is 13.8 Å². The topological polar surface area (TPSA) is 81.0 Å². The molecule has 0 aromatic carbocycles. The summed E-state index contributed by atoms with van der Waals surface area (Å²) < 4.78 is 5.71. The molecule has 0 radical (unpaired) electrons. The number of nitrogens with two attached hydrogens (primary N) is 1. The molecule has 0 spiro atoms. The number of aromatic amines is 1. The summed E-state index contributed by atoms with van der Waals surface area (Å²) in [6.07, 6.45) is 3.56. The molecular weight excluding hydrogens is 242 g/mol. The van der Waals surface area contributed by atoms with Crippen LogP contribution in [-0.2, 0) is 0 Å². The van der Waals surface area contributed by atoms with Gasteiger partial charge in [0.1, 0.15) is 5.82 Å². The Morgan fingerprint density at radius 1 is 1.47 bits per heavy atom. The maximum absolute atomic E-state index is 11.5. The molecule has 0 amide bonds. The Bertz CT molecular complexity index is 470. The van der Waals surface area contributed by atoms with Gasteiger partial charge in [0.05, 0.1) is 12.7 Å². The fourth-order valence-electron chi connectivity index (χ4n) is 2.64. The van der Waals surface area contributed by atoms with E-state index >= 15 is 0 Å². The molecule has 1 aliphatic carbocycles. The lowest BCUT2D eigenvalue weighted by atomic mass is 9.97. The highest BCUT2D eigenvalue weighted by Gasteiger charge is 2.26. The van der Waals surface area contributed by atoms with Gasteiger partial charge in [-0.2, -0.15) is 4.98 Å². The van der Waals surface area contributed by atoms with Crippen LogP contribution in [0.15, 0.2) is 10.9 Å². The minimum Gasteiger partial charge on any atom is -0.477 e. The molecule has 1 saturated carbocycles. The lowest BCUT2D eigenvalue weighted by molar-refractivity contribution is 0.209. The normalized spacial score (nSPS) is 22.9. The van der Waals surface area contributed by atoms with Gasteiger partial charge in [-0.05, 0) is 31.2 Å². The van der Waals surface area contributed by atoms with Crippen LogP contribution in [0, 0.1) is 11.8 Å². The number of hydrogen-bond donors (Lipinski definition) is 2. The average Bonchev–Trinajstić information content (AvgIpc) is 2.83. The largest absolute Gasteiger partial charge is 0.477 e. The second-order valence-electron chi connectivity index (χ2n) is 5.62. The number of hydrogen-bond acceptors (Lipinski definition) is 4. The molecule has 1 aliphatic rings. The number of nitrogens with one attached hydrogen (secondary N) is 1. The van der Waals surface area contributed by atoms with Crippen molar-refractivity contribution in [2.75, 3.05) is 13.2 Å². The van der Waals surface area contributed by atoms with Crippen molar-refractivity contribution in [1.29, 1.82) is 0 Å². The number of aromatic nitrogens is 2. The summed E-state index contributed by atoms with van der Waals surface area (Å²) in [5, 5.41) is 0. The van der Waals surface area contributed by atoms with Crippen molar-refractivity contribution in [3.05, 3.63) is 22.2 Å². The highest BCUT2D eigenvalue weighted by atomic mass is 16.5. The standard InChI is InChI=1S/C14H23N3O2/c1-9(2)14-16-12(18)6-13(17-14)19-8-11-5-3-4-10(11)7-15/h6,9-11H,3-5,7-8,15H2,1-2H3,(H,16,17,18). The Morgan fingerprint density at radius 2 is 2.21 bits per heavy atom. The van der Waals surface area contributed by atoms with Crippen LogP contribution in [0.25, 0.3) is 0 Å². The summed E-state index contributed by atoms with van der Waals surface area (Å²) >= 11 is 0. The summed E-state index contributed by atoms with van der Waals surface area (Å²) in [6, 6.07) is 1.41. The van der Waals surface area contributed by atoms with Crippen LogP contribution in [0.3, 0.4) is 0 Å². The zero-order valence-corrected chi connectivity index (χ0v) is 11.7. The van der Waals surface area contributed by atoms with Crippen LogP contribution < -0.4 is 16.0 Å². The van der Waals surface area contributed by atoms with Crippen molar-refractivity contribution >= 4 is 0 Å². The van der Waals surface area contributed by atoms with E-state index in [0.29, 0.717) is 36.7 Å². The van der Waals surface area contributed by atoms with Gasteiger partial charge in [0.25, 0.3) is 5.56 Å². The van der Waals surface area contributed by atoms with E-state index in [1.165, 1.54) is 18.9 Å². The van der Waals surface area contributed by atoms with Gasteiger partial charge in [0.15, 0.2) is 0 Å². The fourth-order valence-corrected chi connectivity index (χ4v) is 2.64. The molecule has 1 heterocycles. The monoisotopic (exact) mass is 265 g/mol. The Hall–Kier alpha value is -1.36. The molecule has 5 heteroatoms. The first-order valence-electron chi connectivity index (χ1n) is 7.04. The van der Waals surface area contributed by atoms with Crippen molar-refractivity contribution in [2.45, 2.75) is 39.0 Å². The summed E-state index contributed by atoms with van der Waals surface area (Å²) in [5.41, 5.74) is 5.60. The second-order valence-corrected chi connectivity index (χ2v) is 5.62. The number of rotatable bonds is 5. The van der Waals surface area contributed by atoms with Gasteiger partial charge in [-0.3, -0.25) is 4.79 Å². The van der Waals surface area contributed by atoms with E-state index in [1.54, 1.807) is 0 Å². The SMILES string of the molecule is CC(C)c1nc(OCC2CCCC2CN)cc(=O)[nH]1. The Balaban J connectivity index is 2.01. The minimum absolute atomic E-state index is 0.157. The van der Waals surface area contributed by atoms with Crippen LogP contribution in [-0.4, -0.2) is 23.1 Å². The Kier molecular flexibility index (Phi) is 4.58. The van der Waals surface area contributed by atoms with Crippen LogP contribution in [0.2, 0.25) is 0 Å². The van der Waals surface area contributed by atoms with Gasteiger partial charge in [-0.15, -0.1) is 0 Å². The molecule has 2 unspecified atom stereocenters. The molecule has 1 aromatic rings. The second kappa shape index (κ2) is 6.19. The smallest absolute Gasteiger partial charge is 0.254 e. The van der Waals surface area contributed by atoms with Crippen LogP contribution >= 0.6 is 0 Å². The summed E-state index contributed by atoms with van der Waals surface area (Å²) in [5.74, 6) is 2.32. The van der Waals surface area contributed by atoms with Gasteiger partial charge in [0.2, 0.25) is 5.88 Å². The maximum atomic E-state index is 11.5. The molecule has 0 aliphatic heterocycles. The molecule has 1 fully saturated rings. The molecule has 2 rings (SSSR count). The summed E-state index contributed by atoms with van der Waals surface area (Å²) in [7, 11) is 0. The van der Waals surface area contributed by atoms with E-state index < -0.39 is 0 Å². The molecule has 1 aromatic heterocycles. The summed E-state index contributed by atoms with van der Waals surface area (Å²) in [4.78, 5) is 18.6. The van der Waals surface area contributed by atoms with E-state index in [9.17, 15) is 4.79 Å². The first kappa shape index (κ1) is 14.1. The average molecular weight is 265 g/mol. The highest BCUT2D eigenvalue weighted by Crippen LogP contribution is 2.31. The molecule has 19 heavy (non-hydrogen) atoms. The van der Waals surface area contributed by atoms with E-state index in [0.717, 1.165) is 6.42 Å². The summed E-state index contributed by atoms with van der Waals surface area (Å²) in [6.45, 7) is 5.30. The van der Waals surface area contributed by atoms with Crippen molar-refractivity contribution in [1.82, 2.24) is 9.97 Å². The third-order valence-electron chi connectivity index (χ3n) is 3.85. The Labute approximate surface area is 113 Å². The fraction of sp³-hybridized carbons (Fsp3) is 0.714. The third-order valence-corrected chi connectivity index (χ3v) is 3.85. The van der Waals surface area contributed by atoms with Crippen LogP contribution in [0.1, 0.15) is 44.9 Å². The maximum Gasteiger partial charge on any atom is 0.254 e. The van der Waals surface area contributed by atoms with Crippen molar-refractivity contribution in [3.8, 4) is 5.88 Å². The van der Waals surface area contributed by atoms with Gasteiger partial charge in [-0.1, -0.05) is 20.3 Å². The molecule has 0 saturated heterocycles. The van der Waals surface area contributed by atoms with Gasteiger partial charge >= 0.3 is 0 Å². The van der Waals surface area contributed by atoms with Crippen LogP contribution in [0.4, 0.5) is 0 Å². The molecule has 106 valence electrons. The van der Waals surface area contributed by atoms with Crippen molar-refractivity contribution < 1.29 is 4.74 Å². The van der Waals surface area contributed by atoms with E-state index in [4.69, 9.17) is 10.5 Å². The third kappa shape index (κ3) is 3.56. The predicted molar refractivity (Wildman–Crippen MR) is 74.3 cm³/mol. The molecule has 5 nitrogen and oxygen atoms in total. The molecule has 0 bridgehead atoms. The van der Waals surface area contributed by atoms with Crippen molar-refractivity contribution in [3.63, 3.8) is 0 Å². The minimum atomic E-state index is -0.157. The van der Waals surface area contributed by atoms with E-state index in [-0.39, 0.29) is 11.5 Å². The Morgan fingerprint density at radius 3 is 2.89 bits per heavy atom. The van der Waals surface area contributed by atoms with Gasteiger partial charge in [-0.25, -0.2) is 0 Å². The highest BCUT2D eigenvalue weighted by molar-refractivity contribution is 5.10. The van der Waals surface area contributed by atoms with Gasteiger partial charge < -0.3 is 15.5 Å². The van der Waals surface area contributed by atoms with Crippen molar-refractivity contribution in [2.24, 2.45) is 17.6 Å². The number of ether oxygens (including phenoxy) is 1. The zero-order chi connectivity index (χ0) is 13.8. The first-order chi connectivity index (χ1) is 9.10. The van der Waals surface area contributed by atoms with Crippen LogP contribution in [0.5, 0.6) is 5.88 Å². The lowest BCUT2D eigenvalue weighted by Gasteiger charge is -2.18. The quantitative estimate of drug-likeness (QED) is 0.848. The zero-order valence-electron chi connectivity index (χ0n) is 11.7. The first-order valence-corrected chi connectivity index (χ1v) is 7.04. The predicted octanol–water partition coefficient (Wildman–Crippen LogP) is 1.65. The molecule has 2 atom stereocenters. The molecular formula is C14H23N3O2. The number of H-pyrrole nitrogens is 1. The van der Waals surface area contributed by atoms with Gasteiger partial charge in [0, 0.05) is 5.92 Å². The lowest BCUT2D eigenvalue weighted by Crippen LogP contribution is -2.24. The number of nitrogens with zero attached hydrogens (tertiary/aromatic N) is 1. The van der Waals surface area contributed by atoms with E-state index in [2.05, 4.69) is 9.97 Å². The molecule has 3 N–H and O–H groups in total.